The Morgan fingerprint density at radius 1 is 1.17 bits per heavy atom. The van der Waals surface area contributed by atoms with E-state index in [1.807, 2.05) is 54.6 Å². The Labute approximate surface area is 209 Å². The number of carbonyl (C=O) groups is 2. The maximum absolute atomic E-state index is 12.6. The Morgan fingerprint density at radius 2 is 2.00 bits per heavy atom. The van der Waals surface area contributed by atoms with Gasteiger partial charge in [-0.2, -0.15) is 5.10 Å². The number of ether oxygens (including phenoxy) is 2. The third kappa shape index (κ3) is 6.48. The maximum atomic E-state index is 12.6. The van der Waals surface area contributed by atoms with Crippen LogP contribution >= 0.6 is 11.3 Å². The minimum absolute atomic E-state index is 0.282. The number of thiophene rings is 1. The lowest BCUT2D eigenvalue weighted by Crippen LogP contribution is -2.25. The van der Waals surface area contributed by atoms with Gasteiger partial charge < -0.3 is 9.47 Å². The number of fused-ring (bicyclic) bond motifs is 1. The number of hydrazone groups is 1. The Morgan fingerprint density at radius 3 is 2.80 bits per heavy atom. The molecule has 3 aromatic rings. The monoisotopic (exact) mass is 491 g/mol. The van der Waals surface area contributed by atoms with E-state index >= 15 is 0 Å². The lowest BCUT2D eigenvalue weighted by molar-refractivity contribution is 0.0526. The molecule has 0 spiro atoms. The molecule has 4 rings (SSSR count). The van der Waals surface area contributed by atoms with E-state index in [2.05, 4.69) is 22.8 Å². The Bertz CT molecular complexity index is 1210. The van der Waals surface area contributed by atoms with E-state index in [0.29, 0.717) is 28.8 Å². The number of urea groups is 1. The molecule has 0 saturated heterocycles. The van der Waals surface area contributed by atoms with Gasteiger partial charge in [-0.25, -0.2) is 15.0 Å². The molecule has 182 valence electrons. The van der Waals surface area contributed by atoms with Crippen molar-refractivity contribution in [1.29, 1.82) is 0 Å². The van der Waals surface area contributed by atoms with E-state index in [9.17, 15) is 9.59 Å². The van der Waals surface area contributed by atoms with Gasteiger partial charge in [0.25, 0.3) is 0 Å². The minimum Gasteiger partial charge on any atom is -0.489 e. The van der Waals surface area contributed by atoms with Gasteiger partial charge in [0, 0.05) is 4.88 Å². The van der Waals surface area contributed by atoms with Gasteiger partial charge in [0.2, 0.25) is 0 Å². The molecule has 0 bridgehead atoms. The van der Waals surface area contributed by atoms with Crippen molar-refractivity contribution < 1.29 is 19.1 Å². The summed E-state index contributed by atoms with van der Waals surface area (Å²) in [5.41, 5.74) is 5.81. The molecule has 0 radical (unpaired) electrons. The number of rotatable bonds is 8. The van der Waals surface area contributed by atoms with Crippen LogP contribution in [-0.4, -0.2) is 24.8 Å². The van der Waals surface area contributed by atoms with Crippen molar-refractivity contribution in [2.24, 2.45) is 11.0 Å². The summed E-state index contributed by atoms with van der Waals surface area (Å²) in [5.74, 6) is 0.861. The summed E-state index contributed by atoms with van der Waals surface area (Å²) in [6.07, 6.45) is 4.27. The van der Waals surface area contributed by atoms with E-state index < -0.39 is 12.0 Å². The molecule has 1 heterocycles. The summed E-state index contributed by atoms with van der Waals surface area (Å²) in [5, 5.41) is 7.34. The van der Waals surface area contributed by atoms with E-state index in [1.54, 1.807) is 13.1 Å². The Kier molecular flexibility index (Phi) is 8.15. The molecular weight excluding hydrogens is 462 g/mol. The lowest BCUT2D eigenvalue weighted by atomic mass is 9.88. The van der Waals surface area contributed by atoms with Crippen LogP contribution in [-0.2, 0) is 24.2 Å². The van der Waals surface area contributed by atoms with Gasteiger partial charge in [0.15, 0.2) is 0 Å². The number of nitrogens with zero attached hydrogens (tertiary/aromatic N) is 1. The number of carbonyl (C=O) groups excluding carboxylic acids is 2. The highest BCUT2D eigenvalue weighted by molar-refractivity contribution is 7.17. The topological polar surface area (TPSA) is 89.0 Å². The van der Waals surface area contributed by atoms with Gasteiger partial charge in [-0.1, -0.05) is 49.4 Å². The number of hydrogen-bond acceptors (Lipinski definition) is 6. The molecule has 8 heteroatoms. The van der Waals surface area contributed by atoms with Gasteiger partial charge in [-0.3, -0.25) is 5.32 Å². The van der Waals surface area contributed by atoms with Crippen LogP contribution in [0.2, 0.25) is 0 Å². The highest BCUT2D eigenvalue weighted by Crippen LogP contribution is 2.40. The largest absolute Gasteiger partial charge is 0.489 e. The number of amides is 2. The standard InChI is InChI=1S/C27H29N3O4S/c1-3-33-26(31)24-22-13-12-18(2)14-23(22)35-25(24)29-27(32)30-28-16-20-10-7-11-21(15-20)34-17-19-8-5-4-6-9-19/h4-11,15-16,18H,3,12-14,17H2,1-2H3,(H2,29,30,32)/b28-16-. The predicted molar refractivity (Wildman–Crippen MR) is 138 cm³/mol. The first-order valence-corrected chi connectivity index (χ1v) is 12.5. The third-order valence-electron chi connectivity index (χ3n) is 5.70. The zero-order valence-electron chi connectivity index (χ0n) is 19.9. The molecule has 0 fully saturated rings. The summed E-state index contributed by atoms with van der Waals surface area (Å²) in [6.45, 7) is 4.72. The van der Waals surface area contributed by atoms with Gasteiger partial charge in [0.1, 0.15) is 17.4 Å². The van der Waals surface area contributed by atoms with Gasteiger partial charge in [-0.15, -0.1) is 11.3 Å². The van der Waals surface area contributed by atoms with Crippen molar-refractivity contribution >= 4 is 34.6 Å². The second kappa shape index (κ2) is 11.7. The average Bonchev–Trinajstić information content (AvgIpc) is 3.20. The number of benzene rings is 2. The van der Waals surface area contributed by atoms with Gasteiger partial charge in [-0.05, 0) is 60.9 Å². The first-order chi connectivity index (χ1) is 17.0. The highest BCUT2D eigenvalue weighted by atomic mass is 32.1. The summed E-state index contributed by atoms with van der Waals surface area (Å²) in [6, 6.07) is 16.9. The van der Waals surface area contributed by atoms with E-state index in [1.165, 1.54) is 11.3 Å². The van der Waals surface area contributed by atoms with Gasteiger partial charge >= 0.3 is 12.0 Å². The molecule has 1 aromatic heterocycles. The SMILES string of the molecule is CCOC(=O)c1c(NC(=O)N/N=C\c2cccc(OCc3ccccc3)c2)sc2c1CCC(C)C2. The van der Waals surface area contributed by atoms with Crippen molar-refractivity contribution in [3.05, 3.63) is 81.7 Å². The minimum atomic E-state index is -0.519. The summed E-state index contributed by atoms with van der Waals surface area (Å²) in [4.78, 5) is 26.3. The Hall–Kier alpha value is -3.65. The zero-order chi connectivity index (χ0) is 24.6. The van der Waals surface area contributed by atoms with Crippen molar-refractivity contribution in [3.63, 3.8) is 0 Å². The molecule has 2 N–H and O–H groups in total. The van der Waals surface area contributed by atoms with E-state index in [4.69, 9.17) is 9.47 Å². The number of nitrogens with one attached hydrogen (secondary N) is 2. The van der Waals surface area contributed by atoms with Crippen molar-refractivity contribution in [3.8, 4) is 5.75 Å². The summed E-state index contributed by atoms with van der Waals surface area (Å²) in [7, 11) is 0. The second-order valence-electron chi connectivity index (χ2n) is 8.45. The fraction of sp³-hybridized carbons (Fsp3) is 0.296. The van der Waals surface area contributed by atoms with Crippen LogP contribution in [0.4, 0.5) is 9.80 Å². The molecule has 2 amide bonds. The van der Waals surface area contributed by atoms with Crippen LogP contribution in [0.3, 0.4) is 0 Å². The molecule has 0 aliphatic heterocycles. The molecular formula is C27H29N3O4S. The van der Waals surface area contributed by atoms with Crippen molar-refractivity contribution in [2.45, 2.75) is 39.7 Å². The number of hydrogen-bond donors (Lipinski definition) is 2. The van der Waals surface area contributed by atoms with Crippen LogP contribution in [0.5, 0.6) is 5.75 Å². The molecule has 1 aliphatic rings. The van der Waals surface area contributed by atoms with E-state index in [-0.39, 0.29) is 6.61 Å². The normalized spacial score (nSPS) is 14.9. The van der Waals surface area contributed by atoms with Crippen LogP contribution in [0.15, 0.2) is 59.7 Å². The molecule has 1 atom stereocenters. The van der Waals surface area contributed by atoms with Crippen LogP contribution in [0, 0.1) is 5.92 Å². The predicted octanol–water partition coefficient (Wildman–Crippen LogP) is 5.78. The highest BCUT2D eigenvalue weighted by Gasteiger charge is 2.29. The quantitative estimate of drug-likeness (QED) is 0.237. The number of esters is 1. The summed E-state index contributed by atoms with van der Waals surface area (Å²) >= 11 is 1.44. The maximum Gasteiger partial charge on any atom is 0.341 e. The average molecular weight is 492 g/mol. The Balaban J connectivity index is 1.38. The smallest absolute Gasteiger partial charge is 0.341 e. The molecule has 0 saturated carbocycles. The molecule has 35 heavy (non-hydrogen) atoms. The fourth-order valence-corrected chi connectivity index (χ4v) is 5.37. The summed E-state index contributed by atoms with van der Waals surface area (Å²) < 4.78 is 11.1. The number of anilines is 1. The second-order valence-corrected chi connectivity index (χ2v) is 9.55. The van der Waals surface area contributed by atoms with Gasteiger partial charge in [0.05, 0.1) is 18.4 Å². The fourth-order valence-electron chi connectivity index (χ4n) is 3.98. The molecule has 1 aliphatic carbocycles. The van der Waals surface area contributed by atoms with Crippen molar-refractivity contribution in [1.82, 2.24) is 5.43 Å². The molecule has 7 nitrogen and oxygen atoms in total. The zero-order valence-corrected chi connectivity index (χ0v) is 20.7. The third-order valence-corrected chi connectivity index (χ3v) is 6.87. The molecule has 1 unspecified atom stereocenters. The van der Waals surface area contributed by atoms with Crippen molar-refractivity contribution in [2.75, 3.05) is 11.9 Å². The lowest BCUT2D eigenvalue weighted by Gasteiger charge is -2.18. The first-order valence-electron chi connectivity index (χ1n) is 11.7. The van der Waals surface area contributed by atoms with Crippen LogP contribution < -0.4 is 15.5 Å². The van der Waals surface area contributed by atoms with Crippen LogP contribution in [0.25, 0.3) is 0 Å². The molecule has 2 aromatic carbocycles. The van der Waals surface area contributed by atoms with E-state index in [0.717, 1.165) is 40.8 Å². The first kappa shape index (κ1) is 24.5. The van der Waals surface area contributed by atoms with Crippen LogP contribution in [0.1, 0.15) is 52.2 Å².